The van der Waals surface area contributed by atoms with Crippen LogP contribution in [0.5, 0.6) is 0 Å². The molecule has 2 N–H and O–H groups in total. The summed E-state index contributed by atoms with van der Waals surface area (Å²) in [5, 5.41) is 5.25. The van der Waals surface area contributed by atoms with Gasteiger partial charge in [-0.05, 0) is 32.9 Å². The van der Waals surface area contributed by atoms with Crippen molar-refractivity contribution in [3.05, 3.63) is 46.6 Å². The van der Waals surface area contributed by atoms with Crippen molar-refractivity contribution in [3.8, 4) is 16.9 Å². The molecule has 0 aliphatic rings. The second-order valence-electron chi connectivity index (χ2n) is 4.75. The molecule has 0 amide bonds. The first kappa shape index (κ1) is 12.9. The molecule has 0 radical (unpaired) electrons. The van der Waals surface area contributed by atoms with Crippen LogP contribution in [0.3, 0.4) is 0 Å². The first-order chi connectivity index (χ1) is 9.58. The maximum atomic E-state index is 5.82. The minimum atomic E-state index is 0.601. The van der Waals surface area contributed by atoms with E-state index in [4.69, 9.17) is 5.73 Å². The van der Waals surface area contributed by atoms with E-state index in [0.29, 0.717) is 5.13 Å². The number of benzene rings is 1. The summed E-state index contributed by atoms with van der Waals surface area (Å²) in [5.74, 6) is 0. The number of anilines is 1. The van der Waals surface area contributed by atoms with E-state index >= 15 is 0 Å². The largest absolute Gasteiger partial charge is 0.375 e. The van der Waals surface area contributed by atoms with Crippen molar-refractivity contribution in [2.45, 2.75) is 20.8 Å². The fourth-order valence-corrected chi connectivity index (χ4v) is 3.15. The highest BCUT2D eigenvalue weighted by atomic mass is 32.1. The van der Waals surface area contributed by atoms with E-state index in [1.165, 1.54) is 11.3 Å². The maximum absolute atomic E-state index is 5.82. The van der Waals surface area contributed by atoms with E-state index in [9.17, 15) is 0 Å². The summed E-state index contributed by atoms with van der Waals surface area (Å²) in [6.07, 6.45) is 0. The van der Waals surface area contributed by atoms with Crippen LogP contribution in [0, 0.1) is 20.8 Å². The SMILES string of the molecule is Cc1nn(-c2ccccc2)c(C)c1-c1nc(N)sc1C. The predicted molar refractivity (Wildman–Crippen MR) is 83.3 cm³/mol. The fraction of sp³-hybridized carbons (Fsp3) is 0.200. The van der Waals surface area contributed by atoms with Crippen LogP contribution in [0.1, 0.15) is 16.3 Å². The molecule has 0 aliphatic carbocycles. The Kier molecular flexibility index (Phi) is 3.06. The molecule has 102 valence electrons. The number of hydrogen-bond donors (Lipinski definition) is 1. The number of para-hydroxylation sites is 1. The van der Waals surface area contributed by atoms with Gasteiger partial charge in [0.25, 0.3) is 0 Å². The maximum Gasteiger partial charge on any atom is 0.180 e. The number of aromatic nitrogens is 3. The molecule has 2 heterocycles. The van der Waals surface area contributed by atoms with Gasteiger partial charge in [-0.2, -0.15) is 5.10 Å². The highest BCUT2D eigenvalue weighted by molar-refractivity contribution is 7.15. The van der Waals surface area contributed by atoms with Crippen LogP contribution >= 0.6 is 11.3 Å². The molecule has 4 nitrogen and oxygen atoms in total. The summed E-state index contributed by atoms with van der Waals surface area (Å²) in [5.41, 5.74) is 11.0. The average molecular weight is 284 g/mol. The number of nitrogen functional groups attached to an aromatic ring is 1. The summed E-state index contributed by atoms with van der Waals surface area (Å²) in [6, 6.07) is 10.1. The predicted octanol–water partition coefficient (Wildman–Crippen LogP) is 3.50. The van der Waals surface area contributed by atoms with Gasteiger partial charge < -0.3 is 5.73 Å². The summed E-state index contributed by atoms with van der Waals surface area (Å²) < 4.78 is 1.96. The normalized spacial score (nSPS) is 10.9. The smallest absolute Gasteiger partial charge is 0.180 e. The molecule has 0 saturated carbocycles. The standard InChI is InChI=1S/C15H16N4S/c1-9-13(14-11(3)20-15(16)17-14)10(2)19(18-9)12-7-5-4-6-8-12/h4-8H,1-3H3,(H2,16,17). The van der Waals surface area contributed by atoms with Crippen LogP contribution in [-0.4, -0.2) is 14.8 Å². The van der Waals surface area contributed by atoms with Gasteiger partial charge in [0.15, 0.2) is 5.13 Å². The third-order valence-corrected chi connectivity index (χ3v) is 4.14. The number of thiazole rings is 1. The van der Waals surface area contributed by atoms with Crippen molar-refractivity contribution in [3.63, 3.8) is 0 Å². The molecule has 3 aromatic rings. The number of nitrogens with zero attached hydrogens (tertiary/aromatic N) is 3. The summed E-state index contributed by atoms with van der Waals surface area (Å²) in [6.45, 7) is 6.12. The molecule has 0 spiro atoms. The topological polar surface area (TPSA) is 56.7 Å². The summed E-state index contributed by atoms with van der Waals surface area (Å²) in [4.78, 5) is 5.58. The van der Waals surface area contributed by atoms with Crippen LogP contribution in [0.15, 0.2) is 30.3 Å². The Bertz CT molecular complexity index is 756. The highest BCUT2D eigenvalue weighted by Gasteiger charge is 2.19. The second kappa shape index (κ2) is 4.76. The minimum Gasteiger partial charge on any atom is -0.375 e. The number of aryl methyl sites for hydroxylation is 2. The van der Waals surface area contributed by atoms with Crippen molar-refractivity contribution in [1.82, 2.24) is 14.8 Å². The average Bonchev–Trinajstić information content (AvgIpc) is 2.90. The molecule has 20 heavy (non-hydrogen) atoms. The highest BCUT2D eigenvalue weighted by Crippen LogP contribution is 2.33. The Labute approximate surface area is 121 Å². The lowest BCUT2D eigenvalue weighted by Gasteiger charge is -2.04. The van der Waals surface area contributed by atoms with Crippen LogP contribution in [-0.2, 0) is 0 Å². The van der Waals surface area contributed by atoms with E-state index < -0.39 is 0 Å². The van der Waals surface area contributed by atoms with Crippen molar-refractivity contribution in [2.24, 2.45) is 0 Å². The zero-order valence-electron chi connectivity index (χ0n) is 11.7. The second-order valence-corrected chi connectivity index (χ2v) is 5.98. The molecule has 2 aromatic heterocycles. The third kappa shape index (κ3) is 2.00. The van der Waals surface area contributed by atoms with Gasteiger partial charge in [-0.3, -0.25) is 0 Å². The zero-order chi connectivity index (χ0) is 14.3. The van der Waals surface area contributed by atoms with Crippen molar-refractivity contribution in [1.29, 1.82) is 0 Å². The first-order valence-corrected chi connectivity index (χ1v) is 7.24. The quantitative estimate of drug-likeness (QED) is 0.783. The van der Waals surface area contributed by atoms with Gasteiger partial charge >= 0.3 is 0 Å². The zero-order valence-corrected chi connectivity index (χ0v) is 12.5. The van der Waals surface area contributed by atoms with Crippen molar-refractivity contribution < 1.29 is 0 Å². The van der Waals surface area contributed by atoms with Gasteiger partial charge in [0.2, 0.25) is 0 Å². The Morgan fingerprint density at radius 1 is 1.10 bits per heavy atom. The lowest BCUT2D eigenvalue weighted by atomic mass is 10.1. The molecule has 0 atom stereocenters. The van der Waals surface area contributed by atoms with Crippen LogP contribution in [0.2, 0.25) is 0 Å². The number of nitrogens with two attached hydrogens (primary N) is 1. The van der Waals surface area contributed by atoms with Gasteiger partial charge in [-0.1, -0.05) is 18.2 Å². The molecular weight excluding hydrogens is 268 g/mol. The van der Waals surface area contributed by atoms with E-state index in [2.05, 4.69) is 17.0 Å². The van der Waals surface area contributed by atoms with Crippen LogP contribution < -0.4 is 5.73 Å². The fourth-order valence-electron chi connectivity index (χ4n) is 2.45. The Morgan fingerprint density at radius 3 is 2.40 bits per heavy atom. The number of rotatable bonds is 2. The van der Waals surface area contributed by atoms with E-state index in [-0.39, 0.29) is 0 Å². The molecule has 0 bridgehead atoms. The van der Waals surface area contributed by atoms with Gasteiger partial charge in [-0.15, -0.1) is 11.3 Å². The Hall–Kier alpha value is -2.14. The molecule has 0 saturated heterocycles. The number of hydrogen-bond acceptors (Lipinski definition) is 4. The van der Waals surface area contributed by atoms with Crippen molar-refractivity contribution in [2.75, 3.05) is 5.73 Å². The lowest BCUT2D eigenvalue weighted by molar-refractivity contribution is 0.834. The van der Waals surface area contributed by atoms with E-state index in [1.807, 2.05) is 48.9 Å². The lowest BCUT2D eigenvalue weighted by Crippen LogP contribution is -1.98. The van der Waals surface area contributed by atoms with Crippen LogP contribution in [0.4, 0.5) is 5.13 Å². The summed E-state index contributed by atoms with van der Waals surface area (Å²) >= 11 is 1.52. The molecule has 1 aromatic carbocycles. The monoisotopic (exact) mass is 284 g/mol. The van der Waals surface area contributed by atoms with Crippen LogP contribution in [0.25, 0.3) is 16.9 Å². The molecule has 3 rings (SSSR count). The molecule has 0 unspecified atom stereocenters. The molecule has 5 heteroatoms. The Morgan fingerprint density at radius 2 is 1.80 bits per heavy atom. The Balaban J connectivity index is 2.20. The van der Waals surface area contributed by atoms with E-state index in [1.54, 1.807) is 0 Å². The molecular formula is C15H16N4S. The minimum absolute atomic E-state index is 0.601. The third-order valence-electron chi connectivity index (χ3n) is 3.34. The van der Waals surface area contributed by atoms with E-state index in [0.717, 1.165) is 33.2 Å². The van der Waals surface area contributed by atoms with Gasteiger partial charge in [0.05, 0.1) is 22.8 Å². The summed E-state index contributed by atoms with van der Waals surface area (Å²) in [7, 11) is 0. The van der Waals surface area contributed by atoms with Gasteiger partial charge in [-0.25, -0.2) is 9.67 Å². The van der Waals surface area contributed by atoms with Gasteiger partial charge in [0.1, 0.15) is 0 Å². The first-order valence-electron chi connectivity index (χ1n) is 6.43. The molecule has 0 fully saturated rings. The van der Waals surface area contributed by atoms with Crippen molar-refractivity contribution >= 4 is 16.5 Å². The molecule has 0 aliphatic heterocycles. The van der Waals surface area contributed by atoms with Gasteiger partial charge in [0, 0.05) is 10.4 Å².